The van der Waals surface area contributed by atoms with Crippen molar-refractivity contribution >= 4 is 10.0 Å². The van der Waals surface area contributed by atoms with Gasteiger partial charge in [-0.1, -0.05) is 37.6 Å². The Balaban J connectivity index is 2.09. The highest BCUT2D eigenvalue weighted by Gasteiger charge is 2.15. The van der Waals surface area contributed by atoms with Gasteiger partial charge in [0.05, 0.1) is 4.90 Å². The molecule has 0 atom stereocenters. The third-order valence-electron chi connectivity index (χ3n) is 3.48. The Labute approximate surface area is 121 Å². The summed E-state index contributed by atoms with van der Waals surface area (Å²) in [5, 5.41) is 3.21. The predicted octanol–water partition coefficient (Wildman–Crippen LogP) is 2.01. The van der Waals surface area contributed by atoms with Crippen LogP contribution in [0.1, 0.15) is 31.7 Å². The Morgan fingerprint density at radius 3 is 2.80 bits per heavy atom. The van der Waals surface area contributed by atoms with Crippen molar-refractivity contribution in [3.05, 3.63) is 41.5 Å². The molecule has 0 spiro atoms. The molecule has 1 aliphatic rings. The standard InChI is InChI=1S/C15H22N2O2S/c1-12(2)14-4-3-5-15(10-14)20(18,19)17-11-13-6-8-16-9-7-13/h3-6,10,12,16-17H,7-9,11H2,1-2H3. The molecule has 20 heavy (non-hydrogen) atoms. The van der Waals surface area contributed by atoms with Crippen molar-refractivity contribution in [1.29, 1.82) is 0 Å². The van der Waals surface area contributed by atoms with Crippen molar-refractivity contribution in [2.75, 3.05) is 19.6 Å². The summed E-state index contributed by atoms with van der Waals surface area (Å²) >= 11 is 0. The largest absolute Gasteiger partial charge is 0.313 e. The van der Waals surface area contributed by atoms with Crippen molar-refractivity contribution in [3.63, 3.8) is 0 Å². The fourth-order valence-electron chi connectivity index (χ4n) is 2.14. The van der Waals surface area contributed by atoms with Crippen LogP contribution >= 0.6 is 0 Å². The molecule has 0 amide bonds. The van der Waals surface area contributed by atoms with Gasteiger partial charge in [-0.05, 0) is 36.6 Å². The molecule has 2 rings (SSSR count). The van der Waals surface area contributed by atoms with Crippen LogP contribution in [0.5, 0.6) is 0 Å². The lowest BCUT2D eigenvalue weighted by Crippen LogP contribution is -2.29. The fraction of sp³-hybridized carbons (Fsp3) is 0.467. The van der Waals surface area contributed by atoms with E-state index in [0.717, 1.165) is 30.6 Å². The quantitative estimate of drug-likeness (QED) is 0.817. The van der Waals surface area contributed by atoms with Crippen molar-refractivity contribution in [3.8, 4) is 0 Å². The summed E-state index contributed by atoms with van der Waals surface area (Å²) in [5.74, 6) is 0.317. The summed E-state index contributed by atoms with van der Waals surface area (Å²) in [6.45, 7) is 6.24. The van der Waals surface area contributed by atoms with E-state index in [1.807, 2.05) is 6.07 Å². The van der Waals surface area contributed by atoms with E-state index in [2.05, 4.69) is 30.0 Å². The Bertz CT molecular complexity index is 592. The highest BCUT2D eigenvalue weighted by Crippen LogP contribution is 2.18. The third-order valence-corrected chi connectivity index (χ3v) is 4.88. The maximum Gasteiger partial charge on any atom is 0.240 e. The lowest BCUT2D eigenvalue weighted by molar-refractivity contribution is 0.582. The lowest BCUT2D eigenvalue weighted by Gasteiger charge is -2.15. The van der Waals surface area contributed by atoms with Crippen LogP contribution in [0, 0.1) is 0 Å². The molecule has 0 fully saturated rings. The van der Waals surface area contributed by atoms with E-state index < -0.39 is 10.0 Å². The Morgan fingerprint density at radius 1 is 1.35 bits per heavy atom. The van der Waals surface area contributed by atoms with E-state index in [4.69, 9.17) is 0 Å². The van der Waals surface area contributed by atoms with Crippen LogP contribution in [0.4, 0.5) is 0 Å². The van der Waals surface area contributed by atoms with E-state index in [9.17, 15) is 8.42 Å². The third kappa shape index (κ3) is 3.91. The second kappa shape index (κ2) is 6.52. The monoisotopic (exact) mass is 294 g/mol. The maximum atomic E-state index is 12.3. The van der Waals surface area contributed by atoms with Crippen LogP contribution in [-0.4, -0.2) is 28.1 Å². The van der Waals surface area contributed by atoms with Crippen molar-refractivity contribution < 1.29 is 8.42 Å². The van der Waals surface area contributed by atoms with E-state index in [1.54, 1.807) is 18.2 Å². The van der Waals surface area contributed by atoms with Crippen LogP contribution < -0.4 is 10.0 Å². The van der Waals surface area contributed by atoms with Crippen LogP contribution in [0.15, 0.2) is 40.8 Å². The molecule has 1 aromatic carbocycles. The molecule has 1 aromatic rings. The predicted molar refractivity (Wildman–Crippen MR) is 81.3 cm³/mol. The summed E-state index contributed by atoms with van der Waals surface area (Å²) in [6.07, 6.45) is 2.95. The molecule has 0 aromatic heterocycles. The zero-order valence-electron chi connectivity index (χ0n) is 12.0. The number of benzene rings is 1. The first kappa shape index (κ1) is 15.2. The normalized spacial score (nSPS) is 16.2. The van der Waals surface area contributed by atoms with Gasteiger partial charge < -0.3 is 5.32 Å². The minimum absolute atomic E-state index is 0.317. The second-order valence-corrected chi connectivity index (χ2v) is 7.14. The number of hydrogen-bond donors (Lipinski definition) is 2. The van der Waals surface area contributed by atoms with Crippen molar-refractivity contribution in [2.24, 2.45) is 0 Å². The van der Waals surface area contributed by atoms with Gasteiger partial charge in [-0.3, -0.25) is 0 Å². The summed E-state index contributed by atoms with van der Waals surface area (Å²) in [5.41, 5.74) is 2.18. The van der Waals surface area contributed by atoms with Gasteiger partial charge >= 0.3 is 0 Å². The van der Waals surface area contributed by atoms with Crippen LogP contribution in [-0.2, 0) is 10.0 Å². The van der Waals surface area contributed by atoms with Gasteiger partial charge in [0, 0.05) is 13.1 Å². The highest BCUT2D eigenvalue weighted by molar-refractivity contribution is 7.89. The van der Waals surface area contributed by atoms with E-state index in [-0.39, 0.29) is 0 Å². The molecule has 0 aliphatic carbocycles. The molecule has 1 aliphatic heterocycles. The van der Waals surface area contributed by atoms with Crippen LogP contribution in [0.3, 0.4) is 0 Å². The van der Waals surface area contributed by atoms with Gasteiger partial charge in [-0.2, -0.15) is 0 Å². The van der Waals surface area contributed by atoms with Gasteiger partial charge in [0.2, 0.25) is 10.0 Å². The first-order valence-electron chi connectivity index (χ1n) is 6.97. The molecule has 2 N–H and O–H groups in total. The molecule has 4 nitrogen and oxygen atoms in total. The maximum absolute atomic E-state index is 12.3. The molecular formula is C15H22N2O2S. The second-order valence-electron chi connectivity index (χ2n) is 5.37. The minimum atomic E-state index is -3.43. The van der Waals surface area contributed by atoms with E-state index in [1.165, 1.54) is 0 Å². The zero-order valence-corrected chi connectivity index (χ0v) is 12.8. The van der Waals surface area contributed by atoms with Gasteiger partial charge in [0.1, 0.15) is 0 Å². The number of nitrogens with one attached hydrogen (secondary N) is 2. The molecule has 0 bridgehead atoms. The van der Waals surface area contributed by atoms with Gasteiger partial charge in [0.15, 0.2) is 0 Å². The Morgan fingerprint density at radius 2 is 2.15 bits per heavy atom. The Kier molecular flexibility index (Phi) is 4.96. The molecule has 0 saturated heterocycles. The molecule has 110 valence electrons. The lowest BCUT2D eigenvalue weighted by atomic mass is 10.0. The van der Waals surface area contributed by atoms with E-state index in [0.29, 0.717) is 17.4 Å². The smallest absolute Gasteiger partial charge is 0.240 e. The Hall–Kier alpha value is -1.17. The topological polar surface area (TPSA) is 58.2 Å². The average Bonchev–Trinajstić information content (AvgIpc) is 2.46. The molecular weight excluding hydrogens is 272 g/mol. The van der Waals surface area contributed by atoms with E-state index >= 15 is 0 Å². The first-order chi connectivity index (χ1) is 9.49. The van der Waals surface area contributed by atoms with Crippen LogP contribution in [0.25, 0.3) is 0 Å². The number of hydrogen-bond acceptors (Lipinski definition) is 3. The summed E-state index contributed by atoms with van der Waals surface area (Å²) in [7, 11) is -3.43. The average molecular weight is 294 g/mol. The summed E-state index contributed by atoms with van der Waals surface area (Å²) in [6, 6.07) is 7.15. The molecule has 0 radical (unpaired) electrons. The number of rotatable bonds is 5. The number of sulfonamides is 1. The molecule has 0 saturated carbocycles. The minimum Gasteiger partial charge on any atom is -0.313 e. The van der Waals surface area contributed by atoms with Gasteiger partial charge in [-0.25, -0.2) is 13.1 Å². The summed E-state index contributed by atoms with van der Waals surface area (Å²) < 4.78 is 27.3. The SMILES string of the molecule is CC(C)c1cccc(S(=O)(=O)NCC2=CCNCC2)c1. The highest BCUT2D eigenvalue weighted by atomic mass is 32.2. The van der Waals surface area contributed by atoms with Gasteiger partial charge in [-0.15, -0.1) is 0 Å². The van der Waals surface area contributed by atoms with Crippen molar-refractivity contribution in [1.82, 2.24) is 10.0 Å². The fourth-order valence-corrected chi connectivity index (χ4v) is 3.23. The van der Waals surface area contributed by atoms with Crippen LogP contribution in [0.2, 0.25) is 0 Å². The van der Waals surface area contributed by atoms with Crippen molar-refractivity contribution in [2.45, 2.75) is 31.1 Å². The molecule has 5 heteroatoms. The molecule has 1 heterocycles. The first-order valence-corrected chi connectivity index (χ1v) is 8.45. The zero-order chi connectivity index (χ0) is 14.6. The van der Waals surface area contributed by atoms with Gasteiger partial charge in [0.25, 0.3) is 0 Å². The summed E-state index contributed by atoms with van der Waals surface area (Å²) in [4.78, 5) is 0.346. The molecule has 0 unspecified atom stereocenters.